The molecular formula is C14H17NOS. The van der Waals surface area contributed by atoms with Crippen molar-refractivity contribution >= 4 is 23.1 Å². The fourth-order valence-corrected chi connectivity index (χ4v) is 2.49. The van der Waals surface area contributed by atoms with Crippen molar-refractivity contribution in [3.8, 4) is 0 Å². The van der Waals surface area contributed by atoms with Gasteiger partial charge in [0.2, 0.25) is 0 Å². The molecule has 90 valence electrons. The maximum absolute atomic E-state index is 12.1. The van der Waals surface area contributed by atoms with Crippen LogP contribution in [0, 0.1) is 0 Å². The highest BCUT2D eigenvalue weighted by atomic mass is 32.1. The van der Waals surface area contributed by atoms with E-state index in [1.54, 1.807) is 4.90 Å². The third-order valence-electron chi connectivity index (χ3n) is 3.11. The van der Waals surface area contributed by atoms with Gasteiger partial charge in [0.25, 0.3) is 5.91 Å². The first kappa shape index (κ1) is 12.2. The van der Waals surface area contributed by atoms with Crippen LogP contribution in [0.15, 0.2) is 24.3 Å². The second kappa shape index (κ2) is 5.41. The topological polar surface area (TPSA) is 20.3 Å². The Hall–Kier alpha value is -1.22. The Morgan fingerprint density at radius 1 is 1.12 bits per heavy atom. The van der Waals surface area contributed by atoms with Crippen LogP contribution in [0.3, 0.4) is 0 Å². The molecule has 1 aromatic rings. The summed E-state index contributed by atoms with van der Waals surface area (Å²) in [5.41, 5.74) is 1.68. The molecule has 0 fully saturated rings. The number of thiocarbonyl (C=S) groups is 1. The fraction of sp³-hybridized carbons (Fsp3) is 0.429. The highest BCUT2D eigenvalue weighted by Crippen LogP contribution is 2.23. The van der Waals surface area contributed by atoms with Crippen molar-refractivity contribution in [1.29, 1.82) is 0 Å². The third-order valence-corrected chi connectivity index (χ3v) is 3.55. The summed E-state index contributed by atoms with van der Waals surface area (Å²) in [5.74, 6) is 0.0714. The predicted octanol–water partition coefficient (Wildman–Crippen LogP) is 3.40. The summed E-state index contributed by atoms with van der Waals surface area (Å²) >= 11 is 5.36. The molecule has 1 amide bonds. The van der Waals surface area contributed by atoms with Crippen LogP contribution in [0.5, 0.6) is 0 Å². The average molecular weight is 247 g/mol. The number of nitrogens with zero attached hydrogens (tertiary/aromatic N) is 1. The molecule has 2 nitrogen and oxygen atoms in total. The van der Waals surface area contributed by atoms with E-state index >= 15 is 0 Å². The van der Waals surface area contributed by atoms with Crippen LogP contribution >= 0.6 is 12.2 Å². The van der Waals surface area contributed by atoms with Gasteiger partial charge < -0.3 is 0 Å². The van der Waals surface area contributed by atoms with Gasteiger partial charge in [-0.3, -0.25) is 9.69 Å². The largest absolute Gasteiger partial charge is 0.298 e. The number of carbonyl (C=O) groups excluding carboxylic acids is 1. The first-order valence-corrected chi connectivity index (χ1v) is 6.61. The highest BCUT2D eigenvalue weighted by Gasteiger charge is 2.31. The summed E-state index contributed by atoms with van der Waals surface area (Å²) in [6.07, 6.45) is 4.63. The Bertz CT molecular complexity index is 407. The molecule has 0 saturated heterocycles. The summed E-state index contributed by atoms with van der Waals surface area (Å²) < 4.78 is 0. The zero-order valence-corrected chi connectivity index (χ0v) is 10.9. The zero-order chi connectivity index (χ0) is 12.3. The van der Waals surface area contributed by atoms with Gasteiger partial charge in [0.15, 0.2) is 0 Å². The minimum atomic E-state index is 0.0714. The van der Waals surface area contributed by atoms with Crippen LogP contribution in [0.2, 0.25) is 0 Å². The van der Waals surface area contributed by atoms with E-state index in [1.807, 2.05) is 24.3 Å². The summed E-state index contributed by atoms with van der Waals surface area (Å²) in [6, 6.07) is 7.61. The van der Waals surface area contributed by atoms with Crippen molar-refractivity contribution in [3.05, 3.63) is 35.4 Å². The number of amides is 1. The van der Waals surface area contributed by atoms with Gasteiger partial charge >= 0.3 is 0 Å². The van der Waals surface area contributed by atoms with Crippen molar-refractivity contribution < 1.29 is 4.79 Å². The van der Waals surface area contributed by atoms with E-state index in [0.717, 1.165) is 24.1 Å². The number of carbonyl (C=O) groups is 1. The lowest BCUT2D eigenvalue weighted by Crippen LogP contribution is -2.30. The first-order valence-electron chi connectivity index (χ1n) is 6.21. The lowest BCUT2D eigenvalue weighted by molar-refractivity contribution is 0.0860. The molecular weight excluding hydrogens is 230 g/mol. The molecule has 1 aliphatic heterocycles. The summed E-state index contributed by atoms with van der Waals surface area (Å²) in [7, 11) is 0. The Balaban J connectivity index is 2.03. The van der Waals surface area contributed by atoms with Gasteiger partial charge in [0, 0.05) is 12.1 Å². The molecule has 3 heteroatoms. The SMILES string of the molecule is CCCCCCN1C(=O)c2ccccc2C1=S. The van der Waals surface area contributed by atoms with Gasteiger partial charge in [-0.25, -0.2) is 0 Å². The molecule has 0 atom stereocenters. The first-order chi connectivity index (χ1) is 8.25. The maximum Gasteiger partial charge on any atom is 0.259 e. The molecule has 0 radical (unpaired) electrons. The Labute approximate surface area is 108 Å². The average Bonchev–Trinajstić information content (AvgIpc) is 2.60. The molecule has 17 heavy (non-hydrogen) atoms. The smallest absolute Gasteiger partial charge is 0.259 e. The molecule has 0 saturated carbocycles. The monoisotopic (exact) mass is 247 g/mol. The highest BCUT2D eigenvalue weighted by molar-refractivity contribution is 7.80. The normalized spacial score (nSPS) is 14.3. The molecule has 0 aliphatic carbocycles. The van der Waals surface area contributed by atoms with E-state index in [0.29, 0.717) is 4.99 Å². The number of rotatable bonds is 5. The molecule has 1 aromatic carbocycles. The quantitative estimate of drug-likeness (QED) is 0.587. The molecule has 0 aromatic heterocycles. The van der Waals surface area contributed by atoms with Gasteiger partial charge in [-0.05, 0) is 12.5 Å². The number of unbranched alkanes of at least 4 members (excludes halogenated alkanes) is 3. The minimum Gasteiger partial charge on any atom is -0.298 e. The molecule has 0 unspecified atom stereocenters. The van der Waals surface area contributed by atoms with Gasteiger partial charge in [0.05, 0.1) is 5.56 Å². The van der Waals surface area contributed by atoms with Crippen LogP contribution in [-0.4, -0.2) is 22.3 Å². The van der Waals surface area contributed by atoms with Gasteiger partial charge in [-0.2, -0.15) is 0 Å². The Kier molecular flexibility index (Phi) is 3.89. The second-order valence-electron chi connectivity index (χ2n) is 4.37. The minimum absolute atomic E-state index is 0.0714. The van der Waals surface area contributed by atoms with Crippen molar-refractivity contribution in [2.75, 3.05) is 6.54 Å². The standard InChI is InChI=1S/C14H17NOS/c1-2-3-4-7-10-15-13(16)11-8-5-6-9-12(11)14(15)17/h5-6,8-9H,2-4,7,10H2,1H3. The van der Waals surface area contributed by atoms with Crippen LogP contribution < -0.4 is 0 Å². The number of benzene rings is 1. The van der Waals surface area contributed by atoms with Crippen molar-refractivity contribution in [1.82, 2.24) is 4.90 Å². The molecule has 0 bridgehead atoms. The third kappa shape index (κ3) is 2.39. The number of hydrogen-bond acceptors (Lipinski definition) is 2. The lowest BCUT2D eigenvalue weighted by atomic mass is 10.1. The van der Waals surface area contributed by atoms with Gasteiger partial charge in [0.1, 0.15) is 4.99 Å². The molecule has 2 rings (SSSR count). The lowest BCUT2D eigenvalue weighted by Gasteiger charge is -2.15. The summed E-state index contributed by atoms with van der Waals surface area (Å²) in [6.45, 7) is 2.94. The number of hydrogen-bond donors (Lipinski definition) is 0. The van der Waals surface area contributed by atoms with Crippen molar-refractivity contribution in [2.45, 2.75) is 32.6 Å². The van der Waals surface area contributed by atoms with Gasteiger partial charge in [-0.15, -0.1) is 0 Å². The molecule has 0 spiro atoms. The Morgan fingerprint density at radius 2 is 1.82 bits per heavy atom. The van der Waals surface area contributed by atoms with E-state index in [4.69, 9.17) is 12.2 Å². The van der Waals surface area contributed by atoms with E-state index in [1.165, 1.54) is 19.3 Å². The maximum atomic E-state index is 12.1. The van der Waals surface area contributed by atoms with Crippen LogP contribution in [0.25, 0.3) is 0 Å². The Morgan fingerprint density at radius 3 is 2.47 bits per heavy atom. The van der Waals surface area contributed by atoms with Crippen molar-refractivity contribution in [2.24, 2.45) is 0 Å². The summed E-state index contributed by atoms with van der Waals surface area (Å²) in [5, 5.41) is 0. The van der Waals surface area contributed by atoms with E-state index in [2.05, 4.69) is 6.92 Å². The van der Waals surface area contributed by atoms with Crippen LogP contribution in [-0.2, 0) is 0 Å². The summed E-state index contributed by atoms with van der Waals surface area (Å²) in [4.78, 5) is 14.6. The van der Waals surface area contributed by atoms with Gasteiger partial charge in [-0.1, -0.05) is 56.6 Å². The predicted molar refractivity (Wildman–Crippen MR) is 73.3 cm³/mol. The zero-order valence-electron chi connectivity index (χ0n) is 10.1. The van der Waals surface area contributed by atoms with Crippen LogP contribution in [0.1, 0.15) is 48.5 Å². The molecule has 0 N–H and O–H groups in total. The second-order valence-corrected chi connectivity index (χ2v) is 4.75. The van der Waals surface area contributed by atoms with E-state index in [-0.39, 0.29) is 5.91 Å². The number of fused-ring (bicyclic) bond motifs is 1. The molecule has 1 heterocycles. The molecule has 1 aliphatic rings. The fourth-order valence-electron chi connectivity index (χ4n) is 2.14. The van der Waals surface area contributed by atoms with Crippen LogP contribution in [0.4, 0.5) is 0 Å². The van der Waals surface area contributed by atoms with Crippen molar-refractivity contribution in [3.63, 3.8) is 0 Å². The van der Waals surface area contributed by atoms with E-state index < -0.39 is 0 Å². The van der Waals surface area contributed by atoms with E-state index in [9.17, 15) is 4.79 Å².